The van der Waals surface area contributed by atoms with E-state index in [9.17, 15) is 19.2 Å². The first-order valence-electron chi connectivity index (χ1n) is 10.0. The first kappa shape index (κ1) is 27.8. The second kappa shape index (κ2) is 14.1. The average Bonchev–Trinajstić information content (AvgIpc) is 2.83. The molecule has 0 spiro atoms. The second-order valence-corrected chi connectivity index (χ2v) is 6.94. The highest BCUT2D eigenvalue weighted by atomic mass is 79.9. The van der Waals surface area contributed by atoms with Crippen LogP contribution in [0.4, 0.5) is 0 Å². The number of Topliss-reactive ketones (excluding diaryl/α,β-unsaturated/α-hetero) is 2. The summed E-state index contributed by atoms with van der Waals surface area (Å²) in [7, 11) is 2.95. The van der Waals surface area contributed by atoms with Gasteiger partial charge < -0.3 is 18.9 Å². The van der Waals surface area contributed by atoms with Crippen molar-refractivity contribution in [2.24, 2.45) is 0 Å². The van der Waals surface area contributed by atoms with Gasteiger partial charge in [0.2, 0.25) is 0 Å². The summed E-state index contributed by atoms with van der Waals surface area (Å²) in [5.74, 6) is -0.273. The molecule has 33 heavy (non-hydrogen) atoms. The summed E-state index contributed by atoms with van der Waals surface area (Å²) in [6.07, 6.45) is 0. The van der Waals surface area contributed by atoms with Gasteiger partial charge in [0.25, 0.3) is 0 Å². The highest BCUT2D eigenvalue weighted by molar-refractivity contribution is 9.09. The molecule has 8 nitrogen and oxygen atoms in total. The van der Waals surface area contributed by atoms with Gasteiger partial charge in [0.05, 0.1) is 55.0 Å². The lowest BCUT2D eigenvalue weighted by molar-refractivity contribution is 0.0516. The van der Waals surface area contributed by atoms with Crippen molar-refractivity contribution in [2.75, 3.05) is 32.8 Å². The molecule has 0 N–H and O–H groups in total. The molecule has 0 bridgehead atoms. The average molecular weight is 523 g/mol. The van der Waals surface area contributed by atoms with E-state index in [4.69, 9.17) is 18.9 Å². The molecular weight excluding hydrogens is 496 g/mol. The monoisotopic (exact) mass is 522 g/mol. The van der Waals surface area contributed by atoms with Crippen molar-refractivity contribution < 1.29 is 38.1 Å². The molecular formula is C24H27BrO8. The molecule has 0 radical (unpaired) electrons. The number of carbonyl (C=O) groups is 4. The predicted octanol–water partition coefficient (Wildman–Crippen LogP) is 4.52. The third-order valence-electron chi connectivity index (χ3n) is 4.22. The maximum absolute atomic E-state index is 11.6. The lowest BCUT2D eigenvalue weighted by Gasteiger charge is -2.08. The Morgan fingerprint density at radius 1 is 0.758 bits per heavy atom. The third kappa shape index (κ3) is 8.02. The number of rotatable bonds is 9. The molecule has 0 saturated carbocycles. The Morgan fingerprint density at radius 3 is 1.55 bits per heavy atom. The summed E-state index contributed by atoms with van der Waals surface area (Å²) in [4.78, 5) is 45.9. The molecule has 0 saturated heterocycles. The zero-order valence-corrected chi connectivity index (χ0v) is 20.8. The van der Waals surface area contributed by atoms with Gasteiger partial charge in [0, 0.05) is 0 Å². The van der Waals surface area contributed by atoms with Crippen LogP contribution in [0.15, 0.2) is 36.4 Å². The number of methoxy groups -OCH3 is 2. The van der Waals surface area contributed by atoms with Gasteiger partial charge in [-0.1, -0.05) is 15.9 Å². The molecule has 0 unspecified atom stereocenters. The quantitative estimate of drug-likeness (QED) is 0.268. The summed E-state index contributed by atoms with van der Waals surface area (Å²) in [5.41, 5.74) is 1.45. The van der Waals surface area contributed by atoms with Crippen molar-refractivity contribution in [2.45, 2.75) is 20.8 Å². The molecule has 0 heterocycles. The Labute approximate surface area is 201 Å². The van der Waals surface area contributed by atoms with Crippen LogP contribution in [0.2, 0.25) is 0 Å². The van der Waals surface area contributed by atoms with Gasteiger partial charge in [0.15, 0.2) is 11.6 Å². The number of halogens is 1. The van der Waals surface area contributed by atoms with Crippen molar-refractivity contribution in [3.63, 3.8) is 0 Å². The molecule has 2 aromatic rings. The van der Waals surface area contributed by atoms with Gasteiger partial charge in [0.1, 0.15) is 11.5 Å². The molecule has 9 heteroatoms. The summed E-state index contributed by atoms with van der Waals surface area (Å²) in [6, 6.07) is 9.29. The van der Waals surface area contributed by atoms with Crippen LogP contribution in [-0.2, 0) is 9.47 Å². The van der Waals surface area contributed by atoms with E-state index in [-0.39, 0.29) is 16.9 Å². The van der Waals surface area contributed by atoms with Gasteiger partial charge >= 0.3 is 11.9 Å². The molecule has 2 aromatic carbocycles. The zero-order valence-electron chi connectivity index (χ0n) is 19.2. The molecule has 0 fully saturated rings. The van der Waals surface area contributed by atoms with E-state index < -0.39 is 11.9 Å². The van der Waals surface area contributed by atoms with Gasteiger partial charge in [-0.15, -0.1) is 0 Å². The van der Waals surface area contributed by atoms with E-state index in [0.717, 1.165) is 0 Å². The molecule has 0 atom stereocenters. The van der Waals surface area contributed by atoms with Crippen molar-refractivity contribution in [3.8, 4) is 11.5 Å². The topological polar surface area (TPSA) is 105 Å². The SMILES string of the molecule is CCOC(=O)c1ccc(OC)c(C(=O)CBr)c1.CCOC(=O)c1ccc(OC)c(C(C)=O)c1. The highest BCUT2D eigenvalue weighted by Crippen LogP contribution is 2.22. The molecule has 0 aromatic heterocycles. The van der Waals surface area contributed by atoms with Gasteiger partial charge in [-0.3, -0.25) is 9.59 Å². The third-order valence-corrected chi connectivity index (χ3v) is 4.73. The summed E-state index contributed by atoms with van der Waals surface area (Å²) in [5, 5.41) is 0.176. The fourth-order valence-corrected chi connectivity index (χ4v) is 2.97. The fraction of sp³-hybridized carbons (Fsp3) is 0.333. The van der Waals surface area contributed by atoms with E-state index >= 15 is 0 Å². The van der Waals surface area contributed by atoms with Crippen LogP contribution in [0, 0.1) is 0 Å². The van der Waals surface area contributed by atoms with Crippen LogP contribution < -0.4 is 9.47 Å². The Bertz CT molecular complexity index is 1000. The van der Waals surface area contributed by atoms with Crippen molar-refractivity contribution >= 4 is 39.4 Å². The Hall–Kier alpha value is -3.20. The minimum absolute atomic E-state index is 0.145. The van der Waals surface area contributed by atoms with E-state index in [2.05, 4.69) is 15.9 Å². The minimum atomic E-state index is -0.446. The van der Waals surface area contributed by atoms with Crippen LogP contribution in [-0.4, -0.2) is 56.3 Å². The van der Waals surface area contributed by atoms with Gasteiger partial charge in [-0.05, 0) is 57.2 Å². The summed E-state index contributed by atoms with van der Waals surface area (Å²) < 4.78 is 19.8. The van der Waals surface area contributed by atoms with Gasteiger partial charge in [-0.25, -0.2) is 9.59 Å². The summed E-state index contributed by atoms with van der Waals surface area (Å²) in [6.45, 7) is 5.49. The number of benzene rings is 2. The van der Waals surface area contributed by atoms with E-state index in [1.165, 1.54) is 33.3 Å². The van der Waals surface area contributed by atoms with Crippen LogP contribution in [0.3, 0.4) is 0 Å². The largest absolute Gasteiger partial charge is 0.496 e. The maximum atomic E-state index is 11.6. The fourth-order valence-electron chi connectivity index (χ4n) is 2.66. The molecule has 178 valence electrons. The van der Waals surface area contributed by atoms with Crippen molar-refractivity contribution in [3.05, 3.63) is 58.7 Å². The zero-order chi connectivity index (χ0) is 25.0. The Morgan fingerprint density at radius 2 is 1.18 bits per heavy atom. The van der Waals surface area contributed by atoms with Crippen LogP contribution in [0.25, 0.3) is 0 Å². The van der Waals surface area contributed by atoms with E-state index in [0.29, 0.717) is 47.0 Å². The molecule has 0 aliphatic rings. The number of alkyl halides is 1. The van der Waals surface area contributed by atoms with Crippen molar-refractivity contribution in [1.82, 2.24) is 0 Å². The first-order chi connectivity index (χ1) is 15.7. The second-order valence-electron chi connectivity index (χ2n) is 6.38. The van der Waals surface area contributed by atoms with Crippen LogP contribution in [0.1, 0.15) is 62.2 Å². The number of carbonyl (C=O) groups excluding carboxylic acids is 4. The number of hydrogen-bond donors (Lipinski definition) is 0. The first-order valence-corrected chi connectivity index (χ1v) is 11.2. The Balaban J connectivity index is 0.000000331. The predicted molar refractivity (Wildman–Crippen MR) is 126 cm³/mol. The molecule has 2 rings (SSSR count). The maximum Gasteiger partial charge on any atom is 0.338 e. The van der Waals surface area contributed by atoms with Crippen molar-refractivity contribution in [1.29, 1.82) is 0 Å². The summed E-state index contributed by atoms with van der Waals surface area (Å²) >= 11 is 3.09. The minimum Gasteiger partial charge on any atom is -0.496 e. The van der Waals surface area contributed by atoms with Crippen LogP contribution >= 0.6 is 15.9 Å². The number of esters is 2. The van der Waals surface area contributed by atoms with E-state index in [1.54, 1.807) is 38.1 Å². The Kier molecular flexibility index (Phi) is 11.9. The number of ether oxygens (including phenoxy) is 4. The standard InChI is InChI=1S/C12H13BrO4.C12H14O4/c1-3-17-12(15)8-4-5-11(16-2)9(6-8)10(14)7-13;1-4-16-12(14)9-5-6-11(15-3)10(7-9)8(2)13/h4-6H,3,7H2,1-2H3;5-7H,4H2,1-3H3. The normalized spacial score (nSPS) is 9.76. The molecule has 0 aliphatic carbocycles. The van der Waals surface area contributed by atoms with Crippen LogP contribution in [0.5, 0.6) is 11.5 Å². The molecule has 0 aliphatic heterocycles. The smallest absolute Gasteiger partial charge is 0.338 e. The lowest BCUT2D eigenvalue weighted by atomic mass is 10.1. The molecule has 0 amide bonds. The number of ketones is 2. The number of hydrogen-bond acceptors (Lipinski definition) is 8. The van der Waals surface area contributed by atoms with E-state index in [1.807, 2.05) is 0 Å². The highest BCUT2D eigenvalue weighted by Gasteiger charge is 2.16. The lowest BCUT2D eigenvalue weighted by Crippen LogP contribution is -2.09. The van der Waals surface area contributed by atoms with Gasteiger partial charge in [-0.2, -0.15) is 0 Å².